The molecule has 22 heavy (non-hydrogen) atoms. The van der Waals surface area contributed by atoms with Gasteiger partial charge in [0.15, 0.2) is 0 Å². The molecule has 0 radical (unpaired) electrons. The summed E-state index contributed by atoms with van der Waals surface area (Å²) in [6.45, 7) is 3.04. The first-order chi connectivity index (χ1) is 10.7. The van der Waals surface area contributed by atoms with E-state index in [1.54, 1.807) is 0 Å². The van der Waals surface area contributed by atoms with Crippen LogP contribution in [-0.4, -0.2) is 12.5 Å². The standard InChI is InChI=1S/C18H22N2O2/c1-2-22-16-10-6-7-14(11-16)13-20-18(21)12-17(19)15-8-4-3-5-9-15/h3-11,17H,2,12-13,19H2,1H3,(H,20,21). The zero-order chi connectivity index (χ0) is 15.8. The highest BCUT2D eigenvalue weighted by atomic mass is 16.5. The van der Waals surface area contributed by atoms with E-state index >= 15 is 0 Å². The molecular weight excluding hydrogens is 276 g/mol. The molecule has 0 aliphatic rings. The van der Waals surface area contributed by atoms with Crippen molar-refractivity contribution in [2.24, 2.45) is 5.73 Å². The number of hydrogen-bond donors (Lipinski definition) is 2. The van der Waals surface area contributed by atoms with E-state index in [1.165, 1.54) is 0 Å². The maximum atomic E-state index is 12.0. The molecule has 1 atom stereocenters. The Labute approximate surface area is 131 Å². The van der Waals surface area contributed by atoms with Crippen LogP contribution in [0.4, 0.5) is 0 Å². The minimum absolute atomic E-state index is 0.0573. The van der Waals surface area contributed by atoms with Gasteiger partial charge in [-0.1, -0.05) is 42.5 Å². The molecule has 2 aromatic carbocycles. The molecule has 2 rings (SSSR count). The summed E-state index contributed by atoms with van der Waals surface area (Å²) in [5.41, 5.74) is 8.02. The number of nitrogens with one attached hydrogen (secondary N) is 1. The van der Waals surface area contributed by atoms with E-state index in [1.807, 2.05) is 61.5 Å². The molecule has 0 aliphatic heterocycles. The van der Waals surface area contributed by atoms with Crippen molar-refractivity contribution in [1.82, 2.24) is 5.32 Å². The van der Waals surface area contributed by atoms with E-state index in [9.17, 15) is 4.79 Å². The van der Waals surface area contributed by atoms with Gasteiger partial charge in [0.2, 0.25) is 5.91 Å². The van der Waals surface area contributed by atoms with Gasteiger partial charge in [-0.15, -0.1) is 0 Å². The second kappa shape index (κ2) is 8.20. The molecular formula is C18H22N2O2. The van der Waals surface area contributed by atoms with Gasteiger partial charge in [0, 0.05) is 19.0 Å². The van der Waals surface area contributed by atoms with Gasteiger partial charge in [-0.25, -0.2) is 0 Å². The van der Waals surface area contributed by atoms with E-state index in [0.717, 1.165) is 16.9 Å². The first kappa shape index (κ1) is 16.0. The van der Waals surface area contributed by atoms with E-state index < -0.39 is 0 Å². The van der Waals surface area contributed by atoms with E-state index in [4.69, 9.17) is 10.5 Å². The summed E-state index contributed by atoms with van der Waals surface area (Å²) in [7, 11) is 0. The lowest BCUT2D eigenvalue weighted by Gasteiger charge is -2.12. The average Bonchev–Trinajstić information content (AvgIpc) is 2.54. The van der Waals surface area contributed by atoms with Crippen molar-refractivity contribution in [3.8, 4) is 5.75 Å². The second-order valence-electron chi connectivity index (χ2n) is 5.08. The molecule has 0 saturated carbocycles. The first-order valence-electron chi connectivity index (χ1n) is 7.48. The average molecular weight is 298 g/mol. The summed E-state index contributed by atoms with van der Waals surface area (Å²) >= 11 is 0. The summed E-state index contributed by atoms with van der Waals surface area (Å²) in [5.74, 6) is 0.758. The Kier molecular flexibility index (Phi) is 5.98. The minimum Gasteiger partial charge on any atom is -0.494 e. The number of carbonyl (C=O) groups excluding carboxylic acids is 1. The third kappa shape index (κ3) is 4.90. The van der Waals surface area contributed by atoms with Crippen molar-refractivity contribution in [1.29, 1.82) is 0 Å². The summed E-state index contributed by atoms with van der Waals surface area (Å²) in [5, 5.41) is 2.89. The molecule has 2 aromatic rings. The summed E-state index contributed by atoms with van der Waals surface area (Å²) in [6, 6.07) is 17.1. The lowest BCUT2D eigenvalue weighted by atomic mass is 10.0. The molecule has 1 amide bonds. The smallest absolute Gasteiger partial charge is 0.222 e. The fourth-order valence-corrected chi connectivity index (χ4v) is 2.20. The zero-order valence-corrected chi connectivity index (χ0v) is 12.8. The van der Waals surface area contributed by atoms with Gasteiger partial charge >= 0.3 is 0 Å². The Morgan fingerprint density at radius 1 is 1.18 bits per heavy atom. The highest BCUT2D eigenvalue weighted by Crippen LogP contribution is 2.15. The first-order valence-corrected chi connectivity index (χ1v) is 7.48. The van der Waals surface area contributed by atoms with Crippen LogP contribution in [0.15, 0.2) is 54.6 Å². The molecule has 0 saturated heterocycles. The van der Waals surface area contributed by atoms with Gasteiger partial charge in [-0.05, 0) is 30.2 Å². The van der Waals surface area contributed by atoms with Gasteiger partial charge < -0.3 is 15.8 Å². The third-order valence-corrected chi connectivity index (χ3v) is 3.33. The van der Waals surface area contributed by atoms with Crippen LogP contribution in [0.3, 0.4) is 0 Å². The zero-order valence-electron chi connectivity index (χ0n) is 12.8. The summed E-state index contributed by atoms with van der Waals surface area (Å²) in [4.78, 5) is 12.0. The van der Waals surface area contributed by atoms with E-state index in [2.05, 4.69) is 5.32 Å². The number of carbonyl (C=O) groups is 1. The molecule has 4 nitrogen and oxygen atoms in total. The molecule has 0 heterocycles. The predicted molar refractivity (Wildman–Crippen MR) is 87.4 cm³/mol. The number of rotatable bonds is 7. The Balaban J connectivity index is 1.84. The number of benzene rings is 2. The molecule has 0 bridgehead atoms. The van der Waals surface area contributed by atoms with Crippen molar-refractivity contribution < 1.29 is 9.53 Å². The second-order valence-corrected chi connectivity index (χ2v) is 5.08. The maximum Gasteiger partial charge on any atom is 0.222 e. The largest absolute Gasteiger partial charge is 0.494 e. The topological polar surface area (TPSA) is 64.3 Å². The van der Waals surface area contributed by atoms with Crippen molar-refractivity contribution in [2.45, 2.75) is 25.9 Å². The van der Waals surface area contributed by atoms with Gasteiger partial charge in [-0.3, -0.25) is 4.79 Å². The number of nitrogens with two attached hydrogens (primary N) is 1. The lowest BCUT2D eigenvalue weighted by molar-refractivity contribution is -0.121. The molecule has 116 valence electrons. The third-order valence-electron chi connectivity index (χ3n) is 3.33. The summed E-state index contributed by atoms with van der Waals surface area (Å²) < 4.78 is 5.44. The van der Waals surface area contributed by atoms with Crippen molar-refractivity contribution in [3.63, 3.8) is 0 Å². The number of ether oxygens (including phenoxy) is 1. The molecule has 0 spiro atoms. The van der Waals surface area contributed by atoms with Gasteiger partial charge in [0.1, 0.15) is 5.75 Å². The van der Waals surface area contributed by atoms with Crippen LogP contribution in [0.5, 0.6) is 5.75 Å². The maximum absolute atomic E-state index is 12.0. The SMILES string of the molecule is CCOc1cccc(CNC(=O)CC(N)c2ccccc2)c1. The van der Waals surface area contributed by atoms with Gasteiger partial charge in [0.25, 0.3) is 0 Å². The van der Waals surface area contributed by atoms with Crippen LogP contribution in [-0.2, 0) is 11.3 Å². The molecule has 0 aromatic heterocycles. The van der Waals surface area contributed by atoms with E-state index in [0.29, 0.717) is 13.2 Å². The quantitative estimate of drug-likeness (QED) is 0.826. The van der Waals surface area contributed by atoms with Crippen LogP contribution in [0.2, 0.25) is 0 Å². The molecule has 4 heteroatoms. The van der Waals surface area contributed by atoms with Gasteiger partial charge in [-0.2, -0.15) is 0 Å². The monoisotopic (exact) mass is 298 g/mol. The van der Waals surface area contributed by atoms with Crippen LogP contribution in [0, 0.1) is 0 Å². The number of amides is 1. The van der Waals surface area contributed by atoms with Crippen LogP contribution in [0.1, 0.15) is 30.5 Å². The Morgan fingerprint density at radius 2 is 1.95 bits per heavy atom. The van der Waals surface area contributed by atoms with E-state index in [-0.39, 0.29) is 18.4 Å². The molecule has 0 aliphatic carbocycles. The Morgan fingerprint density at radius 3 is 2.68 bits per heavy atom. The highest BCUT2D eigenvalue weighted by molar-refractivity contribution is 5.76. The Hall–Kier alpha value is -2.33. The molecule has 1 unspecified atom stereocenters. The molecule has 0 fully saturated rings. The predicted octanol–water partition coefficient (Wildman–Crippen LogP) is 2.79. The van der Waals surface area contributed by atoms with Gasteiger partial charge in [0.05, 0.1) is 6.61 Å². The minimum atomic E-state index is -0.282. The molecule has 3 N–H and O–H groups in total. The summed E-state index contributed by atoms with van der Waals surface area (Å²) in [6.07, 6.45) is 0.273. The van der Waals surface area contributed by atoms with Crippen molar-refractivity contribution >= 4 is 5.91 Å². The van der Waals surface area contributed by atoms with Crippen LogP contribution >= 0.6 is 0 Å². The lowest BCUT2D eigenvalue weighted by Crippen LogP contribution is -2.27. The Bertz CT molecular complexity index is 599. The highest BCUT2D eigenvalue weighted by Gasteiger charge is 2.11. The van der Waals surface area contributed by atoms with Crippen LogP contribution < -0.4 is 15.8 Å². The number of hydrogen-bond acceptors (Lipinski definition) is 3. The normalized spacial score (nSPS) is 11.7. The fraction of sp³-hybridized carbons (Fsp3) is 0.278. The van der Waals surface area contributed by atoms with Crippen molar-refractivity contribution in [2.75, 3.05) is 6.61 Å². The van der Waals surface area contributed by atoms with Crippen LogP contribution in [0.25, 0.3) is 0 Å². The fourth-order valence-electron chi connectivity index (χ4n) is 2.20. The van der Waals surface area contributed by atoms with Crippen molar-refractivity contribution in [3.05, 3.63) is 65.7 Å².